The number of benzene rings is 1. The van der Waals surface area contributed by atoms with E-state index in [-0.39, 0.29) is 5.82 Å². The number of oxazole rings is 1. The summed E-state index contributed by atoms with van der Waals surface area (Å²) in [7, 11) is 0. The Bertz CT molecular complexity index is 917. The molecule has 2 heterocycles. The van der Waals surface area contributed by atoms with Crippen LogP contribution in [0.15, 0.2) is 46.3 Å². The van der Waals surface area contributed by atoms with Gasteiger partial charge in [-0.1, -0.05) is 6.92 Å². The summed E-state index contributed by atoms with van der Waals surface area (Å²) in [5, 5.41) is 14.6. The first-order valence-electron chi connectivity index (χ1n) is 9.78. The van der Waals surface area contributed by atoms with Gasteiger partial charge < -0.3 is 19.6 Å². The van der Waals surface area contributed by atoms with Gasteiger partial charge in [-0.2, -0.15) is 0 Å². The number of guanidine groups is 1. The van der Waals surface area contributed by atoms with Crippen LogP contribution in [0.5, 0.6) is 0 Å². The van der Waals surface area contributed by atoms with Crippen LogP contribution in [0.3, 0.4) is 0 Å². The predicted molar refractivity (Wildman–Crippen MR) is 109 cm³/mol. The Kier molecular flexibility index (Phi) is 7.32. The average molecular weight is 399 g/mol. The summed E-state index contributed by atoms with van der Waals surface area (Å²) in [5.74, 6) is 1.92. The molecule has 0 unspecified atom stereocenters. The van der Waals surface area contributed by atoms with Crippen molar-refractivity contribution < 1.29 is 8.81 Å². The molecule has 0 atom stereocenters. The van der Waals surface area contributed by atoms with Gasteiger partial charge in [-0.25, -0.2) is 9.37 Å². The van der Waals surface area contributed by atoms with Crippen LogP contribution in [-0.4, -0.2) is 45.3 Å². The molecular weight excluding hydrogens is 373 g/mol. The van der Waals surface area contributed by atoms with E-state index in [9.17, 15) is 4.39 Å². The SMILES string of the molecule is CCNC(=NCCc1coc(-c2ccc(F)cc2)n1)NCCn1cnnc1CC. The van der Waals surface area contributed by atoms with Gasteiger partial charge in [0.1, 0.15) is 24.2 Å². The van der Waals surface area contributed by atoms with Gasteiger partial charge in [0.05, 0.1) is 5.69 Å². The number of rotatable bonds is 9. The Hall–Kier alpha value is -3.23. The third-order valence-electron chi connectivity index (χ3n) is 4.28. The standard InChI is InChI=1S/C20H26FN7O/c1-3-18-27-25-14-28(18)12-11-24-20(22-4-2)23-10-9-17-13-29-19(26-17)15-5-7-16(21)8-6-15/h5-8,13-14H,3-4,9-12H2,1-2H3,(H2,22,23,24). The Labute approximate surface area is 169 Å². The zero-order valence-corrected chi connectivity index (χ0v) is 16.7. The molecule has 9 heteroatoms. The fourth-order valence-electron chi connectivity index (χ4n) is 2.81. The summed E-state index contributed by atoms with van der Waals surface area (Å²) in [6.45, 7) is 6.92. The van der Waals surface area contributed by atoms with Gasteiger partial charge in [-0.3, -0.25) is 4.99 Å². The Morgan fingerprint density at radius 1 is 1.21 bits per heavy atom. The number of aryl methyl sites for hydroxylation is 1. The number of halogens is 1. The second-order valence-electron chi connectivity index (χ2n) is 6.38. The van der Waals surface area contributed by atoms with E-state index in [1.54, 1.807) is 24.7 Å². The second kappa shape index (κ2) is 10.4. The first kappa shape index (κ1) is 20.5. The number of aromatic nitrogens is 4. The highest BCUT2D eigenvalue weighted by Crippen LogP contribution is 2.19. The van der Waals surface area contributed by atoms with Crippen LogP contribution in [0.2, 0.25) is 0 Å². The molecule has 0 spiro atoms. The van der Waals surface area contributed by atoms with Gasteiger partial charge in [0.2, 0.25) is 5.89 Å². The number of hydrogen-bond acceptors (Lipinski definition) is 5. The van der Waals surface area contributed by atoms with Crippen molar-refractivity contribution in [3.05, 3.63) is 54.2 Å². The third-order valence-corrected chi connectivity index (χ3v) is 4.28. The lowest BCUT2D eigenvalue weighted by atomic mass is 10.2. The highest BCUT2D eigenvalue weighted by Gasteiger charge is 2.07. The summed E-state index contributed by atoms with van der Waals surface area (Å²) in [6.07, 6.45) is 4.86. The zero-order valence-electron chi connectivity index (χ0n) is 16.7. The van der Waals surface area contributed by atoms with Gasteiger partial charge in [0.15, 0.2) is 5.96 Å². The van der Waals surface area contributed by atoms with Crippen molar-refractivity contribution in [3.8, 4) is 11.5 Å². The van der Waals surface area contributed by atoms with Gasteiger partial charge in [0.25, 0.3) is 0 Å². The molecule has 3 rings (SSSR count). The molecule has 3 aromatic rings. The molecule has 0 aliphatic heterocycles. The van der Waals surface area contributed by atoms with E-state index in [2.05, 4.69) is 37.7 Å². The monoisotopic (exact) mass is 399 g/mol. The van der Waals surface area contributed by atoms with Crippen LogP contribution in [0.4, 0.5) is 4.39 Å². The van der Waals surface area contributed by atoms with Crippen LogP contribution >= 0.6 is 0 Å². The van der Waals surface area contributed by atoms with Crippen LogP contribution in [0.25, 0.3) is 11.5 Å². The molecule has 154 valence electrons. The molecule has 29 heavy (non-hydrogen) atoms. The Morgan fingerprint density at radius 2 is 2.03 bits per heavy atom. The largest absolute Gasteiger partial charge is 0.444 e. The molecule has 0 saturated heterocycles. The van der Waals surface area contributed by atoms with Crippen LogP contribution in [0, 0.1) is 5.82 Å². The fourth-order valence-corrected chi connectivity index (χ4v) is 2.81. The number of aliphatic imine (C=N–C) groups is 1. The van der Waals surface area contributed by atoms with Crippen molar-refractivity contribution in [1.29, 1.82) is 0 Å². The highest BCUT2D eigenvalue weighted by molar-refractivity contribution is 5.79. The smallest absolute Gasteiger partial charge is 0.226 e. The molecule has 0 fully saturated rings. The lowest BCUT2D eigenvalue weighted by molar-refractivity contribution is 0.572. The summed E-state index contributed by atoms with van der Waals surface area (Å²) in [4.78, 5) is 9.04. The lowest BCUT2D eigenvalue weighted by Crippen LogP contribution is -2.39. The normalized spacial score (nSPS) is 11.6. The Balaban J connectivity index is 1.50. The summed E-state index contributed by atoms with van der Waals surface area (Å²) in [5.41, 5.74) is 1.55. The van der Waals surface area contributed by atoms with Crippen molar-refractivity contribution >= 4 is 5.96 Å². The van der Waals surface area contributed by atoms with E-state index in [4.69, 9.17) is 4.42 Å². The van der Waals surface area contributed by atoms with Gasteiger partial charge in [0, 0.05) is 44.6 Å². The molecule has 0 aliphatic carbocycles. The van der Waals surface area contributed by atoms with Crippen molar-refractivity contribution in [2.24, 2.45) is 4.99 Å². The molecule has 8 nitrogen and oxygen atoms in total. The van der Waals surface area contributed by atoms with E-state index in [1.807, 2.05) is 11.5 Å². The summed E-state index contributed by atoms with van der Waals surface area (Å²) < 4.78 is 20.6. The molecule has 0 bridgehead atoms. The number of nitrogens with one attached hydrogen (secondary N) is 2. The molecule has 2 aromatic heterocycles. The maximum Gasteiger partial charge on any atom is 0.226 e. The summed E-state index contributed by atoms with van der Waals surface area (Å²) in [6, 6.07) is 6.08. The highest BCUT2D eigenvalue weighted by atomic mass is 19.1. The third kappa shape index (κ3) is 5.87. The number of hydrogen-bond donors (Lipinski definition) is 2. The number of nitrogens with zero attached hydrogens (tertiary/aromatic N) is 5. The lowest BCUT2D eigenvalue weighted by Gasteiger charge is -2.12. The minimum Gasteiger partial charge on any atom is -0.444 e. The van der Waals surface area contributed by atoms with Gasteiger partial charge in [-0.15, -0.1) is 10.2 Å². The van der Waals surface area contributed by atoms with E-state index < -0.39 is 0 Å². The molecule has 0 saturated carbocycles. The van der Waals surface area contributed by atoms with Crippen molar-refractivity contribution in [3.63, 3.8) is 0 Å². The van der Waals surface area contributed by atoms with E-state index >= 15 is 0 Å². The molecule has 0 amide bonds. The molecule has 1 aromatic carbocycles. The minimum absolute atomic E-state index is 0.284. The van der Waals surface area contributed by atoms with E-state index in [0.717, 1.165) is 49.1 Å². The van der Waals surface area contributed by atoms with Gasteiger partial charge in [-0.05, 0) is 31.2 Å². The maximum absolute atomic E-state index is 13.0. The second-order valence-corrected chi connectivity index (χ2v) is 6.38. The van der Waals surface area contributed by atoms with Crippen molar-refractivity contribution in [2.45, 2.75) is 33.2 Å². The van der Waals surface area contributed by atoms with Crippen LogP contribution < -0.4 is 10.6 Å². The van der Waals surface area contributed by atoms with E-state index in [0.29, 0.717) is 18.9 Å². The van der Waals surface area contributed by atoms with E-state index in [1.165, 1.54) is 12.1 Å². The van der Waals surface area contributed by atoms with Crippen molar-refractivity contribution in [2.75, 3.05) is 19.6 Å². The van der Waals surface area contributed by atoms with Crippen LogP contribution in [0.1, 0.15) is 25.4 Å². The molecule has 0 aliphatic rings. The molecule has 2 N–H and O–H groups in total. The molecular formula is C20H26FN7O. The summed E-state index contributed by atoms with van der Waals surface area (Å²) >= 11 is 0. The minimum atomic E-state index is -0.284. The maximum atomic E-state index is 13.0. The quantitative estimate of drug-likeness (QED) is 0.424. The zero-order chi connectivity index (χ0) is 20.5. The van der Waals surface area contributed by atoms with Crippen LogP contribution in [-0.2, 0) is 19.4 Å². The van der Waals surface area contributed by atoms with Gasteiger partial charge >= 0.3 is 0 Å². The average Bonchev–Trinajstić information content (AvgIpc) is 3.38. The van der Waals surface area contributed by atoms with Crippen molar-refractivity contribution in [1.82, 2.24) is 30.4 Å². The first-order valence-corrected chi connectivity index (χ1v) is 9.78. The Morgan fingerprint density at radius 3 is 2.79 bits per heavy atom. The topological polar surface area (TPSA) is 93.2 Å². The predicted octanol–water partition coefficient (Wildman–Crippen LogP) is 2.43. The fraction of sp³-hybridized carbons (Fsp3) is 0.400. The first-order chi connectivity index (χ1) is 14.2. The molecule has 0 radical (unpaired) electrons.